The van der Waals surface area contributed by atoms with Crippen molar-refractivity contribution in [3.05, 3.63) is 29.3 Å². The molecule has 1 aromatic carbocycles. The van der Waals surface area contributed by atoms with Gasteiger partial charge in [-0.05, 0) is 44.4 Å². The molecule has 2 rings (SSSR count). The van der Waals surface area contributed by atoms with E-state index in [4.69, 9.17) is 0 Å². The van der Waals surface area contributed by atoms with Crippen molar-refractivity contribution >= 4 is 5.91 Å². The summed E-state index contributed by atoms with van der Waals surface area (Å²) in [6.07, 6.45) is 2.28. The molecule has 1 aliphatic heterocycles. The van der Waals surface area contributed by atoms with Crippen LogP contribution in [-0.2, 0) is 0 Å². The van der Waals surface area contributed by atoms with Crippen LogP contribution >= 0.6 is 0 Å². The first-order valence-electron chi connectivity index (χ1n) is 7.79. The van der Waals surface area contributed by atoms with Crippen LogP contribution in [-0.4, -0.2) is 41.6 Å². The van der Waals surface area contributed by atoms with Crippen LogP contribution in [0.3, 0.4) is 0 Å². The number of benzene rings is 1. The van der Waals surface area contributed by atoms with E-state index in [0.29, 0.717) is 30.6 Å². The average Bonchev–Trinajstić information content (AvgIpc) is 2.92. The van der Waals surface area contributed by atoms with Gasteiger partial charge in [0, 0.05) is 19.1 Å². The Morgan fingerprint density at radius 3 is 2.86 bits per heavy atom. The Hall–Kier alpha value is -1.55. The largest absolute Gasteiger partial charge is 0.507 e. The van der Waals surface area contributed by atoms with E-state index in [2.05, 4.69) is 19.2 Å². The molecule has 1 amide bonds. The lowest BCUT2D eigenvalue weighted by molar-refractivity contribution is 0.0718. The Balaban J connectivity index is 2.17. The lowest BCUT2D eigenvalue weighted by atomic mass is 10.1. The highest BCUT2D eigenvalue weighted by atomic mass is 16.3. The van der Waals surface area contributed by atoms with Crippen molar-refractivity contribution in [2.75, 3.05) is 19.6 Å². The maximum Gasteiger partial charge on any atom is 0.257 e. The van der Waals surface area contributed by atoms with Crippen molar-refractivity contribution in [1.82, 2.24) is 10.2 Å². The predicted molar refractivity (Wildman–Crippen MR) is 84.6 cm³/mol. The second-order valence-electron chi connectivity index (χ2n) is 6.42. The summed E-state index contributed by atoms with van der Waals surface area (Å²) in [6, 6.07) is 5.56. The monoisotopic (exact) mass is 290 g/mol. The maximum absolute atomic E-state index is 12.8. The molecule has 4 nitrogen and oxygen atoms in total. The van der Waals surface area contributed by atoms with E-state index >= 15 is 0 Å². The number of phenols is 1. The summed E-state index contributed by atoms with van der Waals surface area (Å²) in [4.78, 5) is 14.7. The molecule has 0 spiro atoms. The van der Waals surface area contributed by atoms with E-state index in [0.717, 1.165) is 18.5 Å². The lowest BCUT2D eigenvalue weighted by Gasteiger charge is -2.28. The number of hydrogen-bond acceptors (Lipinski definition) is 3. The third-order valence-corrected chi connectivity index (χ3v) is 3.86. The molecule has 1 aliphatic rings. The average molecular weight is 290 g/mol. The fourth-order valence-electron chi connectivity index (χ4n) is 2.85. The number of hydrogen-bond donors (Lipinski definition) is 2. The lowest BCUT2D eigenvalue weighted by Crippen LogP contribution is -2.42. The Morgan fingerprint density at radius 2 is 2.24 bits per heavy atom. The van der Waals surface area contributed by atoms with E-state index in [-0.39, 0.29) is 11.7 Å². The quantitative estimate of drug-likeness (QED) is 0.876. The maximum atomic E-state index is 12.8. The SMILES string of the molecule is Cc1ccc(O)c(C(=O)N(CC(C)C)CC2CCCN2)c1. The highest BCUT2D eigenvalue weighted by Crippen LogP contribution is 2.21. The first kappa shape index (κ1) is 15.8. The number of nitrogens with one attached hydrogen (secondary N) is 1. The highest BCUT2D eigenvalue weighted by Gasteiger charge is 2.24. The molecule has 0 radical (unpaired) electrons. The Bertz CT molecular complexity index is 494. The van der Waals surface area contributed by atoms with Gasteiger partial charge in [0.05, 0.1) is 5.56 Å². The normalized spacial score (nSPS) is 18.2. The van der Waals surface area contributed by atoms with Crippen molar-refractivity contribution < 1.29 is 9.90 Å². The molecule has 1 saturated heterocycles. The Labute approximate surface area is 127 Å². The van der Waals surface area contributed by atoms with E-state index in [1.165, 1.54) is 6.42 Å². The molecule has 0 bridgehead atoms. The molecule has 1 heterocycles. The van der Waals surface area contributed by atoms with Gasteiger partial charge in [-0.2, -0.15) is 0 Å². The standard InChI is InChI=1S/C17H26N2O2/c1-12(2)10-19(11-14-5-4-8-18-14)17(21)15-9-13(3)6-7-16(15)20/h6-7,9,12,14,18,20H,4-5,8,10-11H2,1-3H3. The van der Waals surface area contributed by atoms with Crippen molar-refractivity contribution in [2.24, 2.45) is 5.92 Å². The van der Waals surface area contributed by atoms with Crippen molar-refractivity contribution in [1.29, 1.82) is 0 Å². The third-order valence-electron chi connectivity index (χ3n) is 3.86. The second kappa shape index (κ2) is 6.94. The van der Waals surface area contributed by atoms with Crippen LogP contribution in [0.1, 0.15) is 42.6 Å². The molecular weight excluding hydrogens is 264 g/mol. The Morgan fingerprint density at radius 1 is 1.48 bits per heavy atom. The minimum absolute atomic E-state index is 0.0683. The molecule has 0 saturated carbocycles. The van der Waals surface area contributed by atoms with E-state index in [1.54, 1.807) is 12.1 Å². The summed E-state index contributed by atoms with van der Waals surface area (Å²) in [7, 11) is 0. The zero-order valence-electron chi connectivity index (χ0n) is 13.2. The van der Waals surface area contributed by atoms with E-state index in [1.807, 2.05) is 17.9 Å². The van der Waals surface area contributed by atoms with Gasteiger partial charge in [-0.15, -0.1) is 0 Å². The van der Waals surface area contributed by atoms with E-state index < -0.39 is 0 Å². The number of rotatable bonds is 5. The molecular formula is C17H26N2O2. The summed E-state index contributed by atoms with van der Waals surface area (Å²) >= 11 is 0. The molecule has 1 aromatic rings. The van der Waals surface area contributed by atoms with Crippen molar-refractivity contribution in [3.8, 4) is 5.75 Å². The van der Waals surface area contributed by atoms with Crippen molar-refractivity contribution in [3.63, 3.8) is 0 Å². The van der Waals surface area contributed by atoms with Crippen LogP contribution in [0, 0.1) is 12.8 Å². The van der Waals surface area contributed by atoms with Gasteiger partial charge in [0.25, 0.3) is 5.91 Å². The molecule has 1 fully saturated rings. The number of carbonyl (C=O) groups is 1. The van der Waals surface area contributed by atoms with Gasteiger partial charge in [-0.1, -0.05) is 25.5 Å². The van der Waals surface area contributed by atoms with Gasteiger partial charge >= 0.3 is 0 Å². The number of amides is 1. The minimum atomic E-state index is -0.0707. The second-order valence-corrected chi connectivity index (χ2v) is 6.42. The van der Waals surface area contributed by atoms with Gasteiger partial charge < -0.3 is 15.3 Å². The molecule has 2 N–H and O–H groups in total. The summed E-state index contributed by atoms with van der Waals surface area (Å²) < 4.78 is 0. The first-order valence-corrected chi connectivity index (χ1v) is 7.79. The van der Waals surface area contributed by atoms with Crippen LogP contribution in [0.25, 0.3) is 0 Å². The van der Waals surface area contributed by atoms with Gasteiger partial charge in [0.2, 0.25) is 0 Å². The zero-order valence-corrected chi connectivity index (χ0v) is 13.2. The molecule has 1 unspecified atom stereocenters. The molecule has 1 atom stereocenters. The molecule has 4 heteroatoms. The van der Waals surface area contributed by atoms with Gasteiger partial charge in [0.15, 0.2) is 0 Å². The Kier molecular flexibility index (Phi) is 5.23. The molecule has 0 aliphatic carbocycles. The fraction of sp³-hybridized carbons (Fsp3) is 0.588. The summed E-state index contributed by atoms with van der Waals surface area (Å²) in [5.41, 5.74) is 1.40. The number of nitrogens with zero attached hydrogens (tertiary/aromatic N) is 1. The van der Waals surface area contributed by atoms with Gasteiger partial charge in [0.1, 0.15) is 5.75 Å². The first-order chi connectivity index (χ1) is 9.97. The highest BCUT2D eigenvalue weighted by molar-refractivity contribution is 5.97. The van der Waals surface area contributed by atoms with Crippen LogP contribution in [0.2, 0.25) is 0 Å². The number of aromatic hydroxyl groups is 1. The zero-order chi connectivity index (χ0) is 15.4. The molecule has 116 valence electrons. The summed E-state index contributed by atoms with van der Waals surface area (Å²) in [5, 5.41) is 13.4. The predicted octanol–water partition coefficient (Wildman–Crippen LogP) is 2.55. The smallest absolute Gasteiger partial charge is 0.257 e. The summed E-state index contributed by atoms with van der Waals surface area (Å²) in [6.45, 7) is 8.61. The minimum Gasteiger partial charge on any atom is -0.507 e. The van der Waals surface area contributed by atoms with Crippen LogP contribution < -0.4 is 5.32 Å². The third kappa shape index (κ3) is 4.21. The molecule has 0 aromatic heterocycles. The van der Waals surface area contributed by atoms with Crippen LogP contribution in [0.5, 0.6) is 5.75 Å². The summed E-state index contributed by atoms with van der Waals surface area (Å²) in [5.74, 6) is 0.402. The topological polar surface area (TPSA) is 52.6 Å². The number of aryl methyl sites for hydroxylation is 1. The van der Waals surface area contributed by atoms with Crippen LogP contribution in [0.15, 0.2) is 18.2 Å². The van der Waals surface area contributed by atoms with Crippen LogP contribution in [0.4, 0.5) is 0 Å². The van der Waals surface area contributed by atoms with Gasteiger partial charge in [-0.3, -0.25) is 4.79 Å². The van der Waals surface area contributed by atoms with E-state index in [9.17, 15) is 9.90 Å². The number of phenolic OH excluding ortho intramolecular Hbond substituents is 1. The molecule has 21 heavy (non-hydrogen) atoms. The fourth-order valence-corrected chi connectivity index (χ4v) is 2.85. The van der Waals surface area contributed by atoms with Gasteiger partial charge in [-0.25, -0.2) is 0 Å². The number of carbonyl (C=O) groups excluding carboxylic acids is 1. The van der Waals surface area contributed by atoms with Crippen molar-refractivity contribution in [2.45, 2.75) is 39.7 Å².